The van der Waals surface area contributed by atoms with E-state index in [1.807, 2.05) is 6.92 Å². The number of benzene rings is 2. The van der Waals surface area contributed by atoms with Crippen LogP contribution in [-0.2, 0) is 4.79 Å². The SMILES string of the molecule is CCC(=O)Nc1cccc(NC(=O)c2ccc(Cl)cc2)c1C. The maximum atomic E-state index is 12.2. The smallest absolute Gasteiger partial charge is 0.255 e. The van der Waals surface area contributed by atoms with Crippen molar-refractivity contribution in [3.63, 3.8) is 0 Å². The summed E-state index contributed by atoms with van der Waals surface area (Å²) in [5, 5.41) is 6.24. The minimum atomic E-state index is -0.223. The second kappa shape index (κ2) is 7.09. The first-order valence-electron chi connectivity index (χ1n) is 6.97. The van der Waals surface area contributed by atoms with Crippen molar-refractivity contribution in [2.45, 2.75) is 20.3 Å². The van der Waals surface area contributed by atoms with E-state index in [4.69, 9.17) is 11.6 Å². The molecule has 0 fully saturated rings. The van der Waals surface area contributed by atoms with Crippen LogP contribution in [0, 0.1) is 6.92 Å². The van der Waals surface area contributed by atoms with Crippen molar-refractivity contribution in [1.82, 2.24) is 0 Å². The molecule has 2 N–H and O–H groups in total. The Bertz CT molecular complexity index is 696. The third-order valence-electron chi connectivity index (χ3n) is 3.28. The molecule has 0 aliphatic rings. The number of carbonyl (C=O) groups excluding carboxylic acids is 2. The van der Waals surface area contributed by atoms with Gasteiger partial charge in [-0.05, 0) is 48.9 Å². The van der Waals surface area contributed by atoms with Crippen molar-refractivity contribution in [3.8, 4) is 0 Å². The second-order valence-electron chi connectivity index (χ2n) is 4.84. The number of rotatable bonds is 4. The molecule has 2 aromatic rings. The third-order valence-corrected chi connectivity index (χ3v) is 3.54. The summed E-state index contributed by atoms with van der Waals surface area (Å²) in [6.45, 7) is 3.64. The number of amides is 2. The van der Waals surface area contributed by atoms with E-state index >= 15 is 0 Å². The van der Waals surface area contributed by atoms with Gasteiger partial charge in [0.2, 0.25) is 5.91 Å². The molecule has 0 heterocycles. The molecule has 2 aromatic carbocycles. The fourth-order valence-electron chi connectivity index (χ4n) is 1.94. The van der Waals surface area contributed by atoms with E-state index in [-0.39, 0.29) is 11.8 Å². The average molecular weight is 317 g/mol. The van der Waals surface area contributed by atoms with Crippen LogP contribution in [0.2, 0.25) is 5.02 Å². The van der Waals surface area contributed by atoms with Crippen molar-refractivity contribution in [2.24, 2.45) is 0 Å². The van der Waals surface area contributed by atoms with Crippen LogP contribution in [0.4, 0.5) is 11.4 Å². The van der Waals surface area contributed by atoms with Crippen LogP contribution in [0.25, 0.3) is 0 Å². The molecule has 0 aromatic heterocycles. The molecule has 0 aliphatic carbocycles. The van der Waals surface area contributed by atoms with Crippen LogP contribution in [0.1, 0.15) is 29.3 Å². The molecule has 0 aliphatic heterocycles. The molecule has 0 bridgehead atoms. The molecule has 0 saturated heterocycles. The lowest BCUT2D eigenvalue weighted by Gasteiger charge is -2.13. The molecular weight excluding hydrogens is 300 g/mol. The van der Waals surface area contributed by atoms with E-state index in [9.17, 15) is 9.59 Å². The topological polar surface area (TPSA) is 58.2 Å². The van der Waals surface area contributed by atoms with E-state index in [1.54, 1.807) is 49.4 Å². The van der Waals surface area contributed by atoms with Gasteiger partial charge in [-0.25, -0.2) is 0 Å². The van der Waals surface area contributed by atoms with E-state index in [0.29, 0.717) is 28.4 Å². The number of carbonyl (C=O) groups is 2. The largest absolute Gasteiger partial charge is 0.326 e. The summed E-state index contributed by atoms with van der Waals surface area (Å²) in [6.07, 6.45) is 0.404. The molecule has 5 heteroatoms. The van der Waals surface area contributed by atoms with Crippen molar-refractivity contribution < 1.29 is 9.59 Å². The Kier molecular flexibility index (Phi) is 5.17. The summed E-state index contributed by atoms with van der Waals surface area (Å²) in [7, 11) is 0. The number of halogens is 1. The minimum Gasteiger partial charge on any atom is -0.326 e. The zero-order valence-electron chi connectivity index (χ0n) is 12.4. The molecule has 0 saturated carbocycles. The Morgan fingerprint density at radius 2 is 1.59 bits per heavy atom. The molecule has 2 amide bonds. The summed E-state index contributed by atoms with van der Waals surface area (Å²) >= 11 is 5.81. The van der Waals surface area contributed by atoms with E-state index in [1.165, 1.54) is 0 Å². The van der Waals surface area contributed by atoms with Gasteiger partial charge in [0.05, 0.1) is 0 Å². The van der Waals surface area contributed by atoms with Gasteiger partial charge in [0.1, 0.15) is 0 Å². The lowest BCUT2D eigenvalue weighted by molar-refractivity contribution is -0.115. The lowest BCUT2D eigenvalue weighted by atomic mass is 10.1. The van der Waals surface area contributed by atoms with Gasteiger partial charge in [-0.3, -0.25) is 9.59 Å². The average Bonchev–Trinajstić information content (AvgIpc) is 2.51. The highest BCUT2D eigenvalue weighted by Crippen LogP contribution is 2.24. The van der Waals surface area contributed by atoms with Gasteiger partial charge in [-0.1, -0.05) is 24.6 Å². The molecule has 114 valence electrons. The van der Waals surface area contributed by atoms with E-state index in [0.717, 1.165) is 5.56 Å². The van der Waals surface area contributed by atoms with Gasteiger partial charge in [0.25, 0.3) is 5.91 Å². The standard InChI is InChI=1S/C17H17ClN2O2/c1-3-16(21)19-14-5-4-6-15(11(14)2)20-17(22)12-7-9-13(18)10-8-12/h4-10H,3H2,1-2H3,(H,19,21)(H,20,22). The normalized spacial score (nSPS) is 10.1. The predicted molar refractivity (Wildman–Crippen MR) is 89.5 cm³/mol. The number of hydrogen-bond donors (Lipinski definition) is 2. The first-order valence-corrected chi connectivity index (χ1v) is 7.35. The van der Waals surface area contributed by atoms with Crippen LogP contribution in [-0.4, -0.2) is 11.8 Å². The first-order chi connectivity index (χ1) is 10.5. The van der Waals surface area contributed by atoms with Gasteiger partial charge in [0, 0.05) is 28.4 Å². The molecule has 2 rings (SSSR count). The fraction of sp³-hybridized carbons (Fsp3) is 0.176. The molecule has 0 spiro atoms. The van der Waals surface area contributed by atoms with Gasteiger partial charge in [0.15, 0.2) is 0 Å². The molecule has 0 unspecified atom stereocenters. The number of anilines is 2. The van der Waals surface area contributed by atoms with Crippen LogP contribution < -0.4 is 10.6 Å². The molecule has 0 radical (unpaired) electrons. The molecule has 4 nitrogen and oxygen atoms in total. The third kappa shape index (κ3) is 3.86. The fourth-order valence-corrected chi connectivity index (χ4v) is 2.07. The zero-order chi connectivity index (χ0) is 16.1. The summed E-state index contributed by atoms with van der Waals surface area (Å²) in [5.74, 6) is -0.289. The predicted octanol–water partition coefficient (Wildman–Crippen LogP) is 4.25. The quantitative estimate of drug-likeness (QED) is 0.886. The van der Waals surface area contributed by atoms with Crippen molar-refractivity contribution in [2.75, 3.05) is 10.6 Å². The van der Waals surface area contributed by atoms with Gasteiger partial charge >= 0.3 is 0 Å². The molecular formula is C17H17ClN2O2. The molecule has 0 atom stereocenters. The Morgan fingerprint density at radius 3 is 2.18 bits per heavy atom. The summed E-state index contributed by atoms with van der Waals surface area (Å²) < 4.78 is 0. The van der Waals surface area contributed by atoms with Crippen molar-refractivity contribution in [1.29, 1.82) is 0 Å². The Balaban J connectivity index is 2.19. The summed E-state index contributed by atoms with van der Waals surface area (Å²) in [6, 6.07) is 12.1. The van der Waals surface area contributed by atoms with Crippen LogP contribution >= 0.6 is 11.6 Å². The van der Waals surface area contributed by atoms with Gasteiger partial charge in [-0.15, -0.1) is 0 Å². The maximum absolute atomic E-state index is 12.2. The van der Waals surface area contributed by atoms with Crippen molar-refractivity contribution >= 4 is 34.8 Å². The number of nitrogens with one attached hydrogen (secondary N) is 2. The Labute approximate surface area is 134 Å². The second-order valence-corrected chi connectivity index (χ2v) is 5.28. The van der Waals surface area contributed by atoms with Crippen LogP contribution in [0.15, 0.2) is 42.5 Å². The maximum Gasteiger partial charge on any atom is 0.255 e. The summed E-state index contributed by atoms with van der Waals surface area (Å²) in [4.78, 5) is 23.7. The Hall–Kier alpha value is -2.33. The number of hydrogen-bond acceptors (Lipinski definition) is 2. The highest BCUT2D eigenvalue weighted by molar-refractivity contribution is 6.30. The van der Waals surface area contributed by atoms with E-state index in [2.05, 4.69) is 10.6 Å². The highest BCUT2D eigenvalue weighted by atomic mass is 35.5. The monoisotopic (exact) mass is 316 g/mol. The molecule has 22 heavy (non-hydrogen) atoms. The minimum absolute atomic E-state index is 0.0655. The lowest BCUT2D eigenvalue weighted by Crippen LogP contribution is -2.15. The van der Waals surface area contributed by atoms with E-state index < -0.39 is 0 Å². The Morgan fingerprint density at radius 1 is 1.00 bits per heavy atom. The first kappa shape index (κ1) is 16.0. The van der Waals surface area contributed by atoms with Crippen LogP contribution in [0.5, 0.6) is 0 Å². The van der Waals surface area contributed by atoms with Gasteiger partial charge in [-0.2, -0.15) is 0 Å². The van der Waals surface area contributed by atoms with Gasteiger partial charge < -0.3 is 10.6 Å². The highest BCUT2D eigenvalue weighted by Gasteiger charge is 2.10. The zero-order valence-corrected chi connectivity index (χ0v) is 13.2. The summed E-state index contributed by atoms with van der Waals surface area (Å²) in [5.41, 5.74) is 2.69. The van der Waals surface area contributed by atoms with Crippen LogP contribution in [0.3, 0.4) is 0 Å². The van der Waals surface area contributed by atoms with Crippen molar-refractivity contribution in [3.05, 3.63) is 58.6 Å².